The highest BCUT2D eigenvalue weighted by molar-refractivity contribution is 9.10. The summed E-state index contributed by atoms with van der Waals surface area (Å²) in [5, 5.41) is 3.66. The molecule has 0 saturated heterocycles. The summed E-state index contributed by atoms with van der Waals surface area (Å²) in [4.78, 5) is 0. The Labute approximate surface area is 197 Å². The molecule has 0 saturated carbocycles. The summed E-state index contributed by atoms with van der Waals surface area (Å²) in [6, 6.07) is 18.5. The zero-order chi connectivity index (χ0) is 22.5. The van der Waals surface area contributed by atoms with Gasteiger partial charge in [-0.25, -0.2) is 0 Å². The molecule has 4 rings (SSSR count). The Morgan fingerprint density at radius 2 is 1.62 bits per heavy atom. The van der Waals surface area contributed by atoms with Crippen molar-refractivity contribution in [3.8, 4) is 23.0 Å². The molecule has 3 aromatic rings. The van der Waals surface area contributed by atoms with E-state index < -0.39 is 0 Å². The Morgan fingerprint density at radius 3 is 2.34 bits per heavy atom. The van der Waals surface area contributed by atoms with Crippen LogP contribution < -0.4 is 24.3 Å². The topological polar surface area (TPSA) is 49.0 Å². The first-order chi connectivity index (χ1) is 15.6. The van der Waals surface area contributed by atoms with Gasteiger partial charge in [0.1, 0.15) is 6.61 Å². The van der Waals surface area contributed by atoms with Crippen LogP contribution in [0.3, 0.4) is 0 Å². The lowest BCUT2D eigenvalue weighted by Crippen LogP contribution is -2.31. The van der Waals surface area contributed by atoms with Crippen molar-refractivity contribution < 1.29 is 18.9 Å². The standard InChI is InChI=1S/C26H28BrNO4/c1-29-22-10-9-19(25(27)26(22)32-16-17-7-5-4-6-8-17)13-21-20-15-24(31-3)23(30-2)14-18(20)11-12-28-21/h4-10,14-15,21,28H,11-13,16H2,1-3H3. The van der Waals surface area contributed by atoms with Gasteiger partial charge in [0, 0.05) is 6.04 Å². The summed E-state index contributed by atoms with van der Waals surface area (Å²) in [6.07, 6.45) is 1.76. The highest BCUT2D eigenvalue weighted by Crippen LogP contribution is 2.41. The normalized spacial score (nSPS) is 15.1. The van der Waals surface area contributed by atoms with E-state index in [1.807, 2.05) is 24.3 Å². The Hall–Kier alpha value is -2.70. The molecule has 0 bridgehead atoms. The first-order valence-corrected chi connectivity index (χ1v) is 11.4. The van der Waals surface area contributed by atoms with Gasteiger partial charge in [-0.05, 0) is 75.8 Å². The molecule has 0 aliphatic carbocycles. The number of ether oxygens (including phenoxy) is 4. The van der Waals surface area contributed by atoms with Gasteiger partial charge < -0.3 is 24.3 Å². The SMILES string of the molecule is COc1cc2c(cc1OC)C(Cc1ccc(OC)c(OCc3ccccc3)c1Br)NCC2. The molecule has 0 spiro atoms. The van der Waals surface area contributed by atoms with Crippen molar-refractivity contribution in [1.29, 1.82) is 0 Å². The molecule has 0 radical (unpaired) electrons. The molecule has 1 atom stereocenters. The second-order valence-electron chi connectivity index (χ2n) is 7.71. The second kappa shape index (κ2) is 10.3. The third kappa shape index (κ3) is 4.71. The minimum Gasteiger partial charge on any atom is -0.493 e. The van der Waals surface area contributed by atoms with Crippen LogP contribution in [0.2, 0.25) is 0 Å². The number of hydrogen-bond donors (Lipinski definition) is 1. The van der Waals surface area contributed by atoms with E-state index in [9.17, 15) is 0 Å². The highest BCUT2D eigenvalue weighted by Gasteiger charge is 2.25. The largest absolute Gasteiger partial charge is 0.493 e. The molecule has 1 heterocycles. The van der Waals surface area contributed by atoms with Gasteiger partial charge in [0.25, 0.3) is 0 Å². The summed E-state index contributed by atoms with van der Waals surface area (Å²) in [7, 11) is 5.01. The molecule has 1 aliphatic rings. The summed E-state index contributed by atoms with van der Waals surface area (Å²) in [6.45, 7) is 1.39. The first kappa shape index (κ1) is 22.5. The maximum atomic E-state index is 6.18. The zero-order valence-corrected chi connectivity index (χ0v) is 20.2. The summed E-state index contributed by atoms with van der Waals surface area (Å²) >= 11 is 3.79. The van der Waals surface area contributed by atoms with Crippen LogP contribution >= 0.6 is 15.9 Å². The summed E-state index contributed by atoms with van der Waals surface area (Å²) < 4.78 is 23.7. The van der Waals surface area contributed by atoms with E-state index in [-0.39, 0.29) is 6.04 Å². The Kier molecular flexibility index (Phi) is 7.22. The number of fused-ring (bicyclic) bond motifs is 1. The third-order valence-corrected chi connectivity index (χ3v) is 6.69. The smallest absolute Gasteiger partial charge is 0.176 e. The second-order valence-corrected chi connectivity index (χ2v) is 8.50. The van der Waals surface area contributed by atoms with Crippen LogP contribution in [0, 0.1) is 0 Å². The molecule has 3 aromatic carbocycles. The van der Waals surface area contributed by atoms with Gasteiger partial charge in [-0.3, -0.25) is 0 Å². The highest BCUT2D eigenvalue weighted by atomic mass is 79.9. The zero-order valence-electron chi connectivity index (χ0n) is 18.6. The average molecular weight is 498 g/mol. The van der Waals surface area contributed by atoms with E-state index in [0.29, 0.717) is 12.4 Å². The molecule has 168 valence electrons. The van der Waals surface area contributed by atoms with Gasteiger partial charge in [0.2, 0.25) is 0 Å². The predicted molar refractivity (Wildman–Crippen MR) is 129 cm³/mol. The van der Waals surface area contributed by atoms with E-state index in [0.717, 1.165) is 52.2 Å². The fourth-order valence-electron chi connectivity index (χ4n) is 4.13. The molecule has 1 unspecified atom stereocenters. The van der Waals surface area contributed by atoms with E-state index in [2.05, 4.69) is 51.6 Å². The predicted octanol–water partition coefficient (Wildman–Crippen LogP) is 5.48. The van der Waals surface area contributed by atoms with Crippen molar-refractivity contribution >= 4 is 15.9 Å². The number of nitrogens with one attached hydrogen (secondary N) is 1. The van der Waals surface area contributed by atoms with Crippen molar-refractivity contribution in [2.75, 3.05) is 27.9 Å². The number of benzene rings is 3. The van der Waals surface area contributed by atoms with Gasteiger partial charge in [-0.2, -0.15) is 0 Å². The van der Waals surface area contributed by atoms with Crippen LogP contribution in [0.25, 0.3) is 0 Å². The molecular formula is C26H28BrNO4. The molecule has 1 aliphatic heterocycles. The molecular weight excluding hydrogens is 470 g/mol. The van der Waals surface area contributed by atoms with Crippen LogP contribution in [-0.4, -0.2) is 27.9 Å². The van der Waals surface area contributed by atoms with E-state index in [1.165, 1.54) is 11.1 Å². The molecule has 6 heteroatoms. The van der Waals surface area contributed by atoms with Gasteiger partial charge in [-0.15, -0.1) is 0 Å². The molecule has 0 amide bonds. The van der Waals surface area contributed by atoms with Crippen molar-refractivity contribution in [2.24, 2.45) is 0 Å². The number of rotatable bonds is 8. The first-order valence-electron chi connectivity index (χ1n) is 10.6. The Morgan fingerprint density at radius 1 is 0.906 bits per heavy atom. The monoisotopic (exact) mass is 497 g/mol. The number of halogens is 1. The van der Waals surface area contributed by atoms with Crippen molar-refractivity contribution in [3.63, 3.8) is 0 Å². The molecule has 0 aromatic heterocycles. The third-order valence-electron chi connectivity index (χ3n) is 5.82. The minimum atomic E-state index is 0.158. The maximum Gasteiger partial charge on any atom is 0.176 e. The van der Waals surface area contributed by atoms with Crippen molar-refractivity contribution in [1.82, 2.24) is 5.32 Å². The van der Waals surface area contributed by atoms with Gasteiger partial charge in [-0.1, -0.05) is 36.4 Å². The van der Waals surface area contributed by atoms with E-state index >= 15 is 0 Å². The van der Waals surface area contributed by atoms with Gasteiger partial charge >= 0.3 is 0 Å². The quantitative estimate of drug-likeness (QED) is 0.446. The van der Waals surface area contributed by atoms with Crippen molar-refractivity contribution in [3.05, 3.63) is 81.3 Å². The van der Waals surface area contributed by atoms with Crippen LogP contribution in [0.4, 0.5) is 0 Å². The Bertz CT molecular complexity index is 1070. The van der Waals surface area contributed by atoms with Crippen LogP contribution in [-0.2, 0) is 19.4 Å². The van der Waals surface area contributed by atoms with Crippen LogP contribution in [0.1, 0.15) is 28.3 Å². The minimum absolute atomic E-state index is 0.158. The Balaban J connectivity index is 1.61. The summed E-state index contributed by atoms with van der Waals surface area (Å²) in [5.41, 5.74) is 4.78. The van der Waals surface area contributed by atoms with E-state index in [4.69, 9.17) is 18.9 Å². The molecule has 32 heavy (non-hydrogen) atoms. The van der Waals surface area contributed by atoms with Crippen LogP contribution in [0.15, 0.2) is 59.1 Å². The maximum absolute atomic E-state index is 6.18. The molecule has 0 fully saturated rings. The lowest BCUT2D eigenvalue weighted by atomic mass is 9.89. The van der Waals surface area contributed by atoms with Crippen molar-refractivity contribution in [2.45, 2.75) is 25.5 Å². The van der Waals surface area contributed by atoms with Gasteiger partial charge in [0.05, 0.1) is 25.8 Å². The molecule has 1 N–H and O–H groups in total. The van der Waals surface area contributed by atoms with Gasteiger partial charge in [0.15, 0.2) is 23.0 Å². The fraction of sp³-hybridized carbons (Fsp3) is 0.308. The van der Waals surface area contributed by atoms with E-state index in [1.54, 1.807) is 21.3 Å². The summed E-state index contributed by atoms with van der Waals surface area (Å²) in [5.74, 6) is 2.95. The molecule has 5 nitrogen and oxygen atoms in total. The fourth-order valence-corrected chi connectivity index (χ4v) is 4.74. The lowest BCUT2D eigenvalue weighted by molar-refractivity contribution is 0.282. The number of hydrogen-bond acceptors (Lipinski definition) is 5. The average Bonchev–Trinajstić information content (AvgIpc) is 2.84. The lowest BCUT2D eigenvalue weighted by Gasteiger charge is -2.29. The van der Waals surface area contributed by atoms with Crippen LogP contribution in [0.5, 0.6) is 23.0 Å². The number of methoxy groups -OCH3 is 3.